The molecule has 0 bridgehead atoms. The van der Waals surface area contributed by atoms with Crippen molar-refractivity contribution in [1.29, 1.82) is 0 Å². The van der Waals surface area contributed by atoms with Crippen molar-refractivity contribution in [3.8, 4) is 0 Å². The summed E-state index contributed by atoms with van der Waals surface area (Å²) in [5.41, 5.74) is 11.9. The van der Waals surface area contributed by atoms with E-state index in [2.05, 4.69) is 15.9 Å². The summed E-state index contributed by atoms with van der Waals surface area (Å²) in [6.07, 6.45) is 0. The molecular weight excluding hydrogens is 301 g/mol. The van der Waals surface area contributed by atoms with E-state index in [1.54, 1.807) is 11.0 Å². The highest BCUT2D eigenvalue weighted by Crippen LogP contribution is 2.30. The van der Waals surface area contributed by atoms with Crippen LogP contribution in [0.3, 0.4) is 0 Å². The van der Waals surface area contributed by atoms with E-state index in [1.807, 2.05) is 13.8 Å². The molecule has 100 valence electrons. The highest BCUT2D eigenvalue weighted by molar-refractivity contribution is 9.10. The van der Waals surface area contributed by atoms with Crippen molar-refractivity contribution in [2.24, 2.45) is 11.7 Å². The lowest BCUT2D eigenvalue weighted by atomic mass is 10.1. The number of benzene rings is 1. The van der Waals surface area contributed by atoms with Crippen molar-refractivity contribution >= 4 is 33.2 Å². The monoisotopic (exact) mass is 317 g/mol. The molecule has 0 aliphatic heterocycles. The van der Waals surface area contributed by atoms with Crippen molar-refractivity contribution in [1.82, 2.24) is 0 Å². The molecular formula is C12H17BrFN3O. The normalized spacial score (nSPS) is 10.7. The zero-order chi connectivity index (χ0) is 13.9. The molecule has 1 aromatic rings. The summed E-state index contributed by atoms with van der Waals surface area (Å²) < 4.78 is 13.6. The van der Waals surface area contributed by atoms with Gasteiger partial charge in [-0.05, 0) is 27.9 Å². The summed E-state index contributed by atoms with van der Waals surface area (Å²) in [6, 6.07) is 2.80. The van der Waals surface area contributed by atoms with Crippen LogP contribution in [0.25, 0.3) is 0 Å². The minimum absolute atomic E-state index is 0.0560. The molecule has 0 aromatic heterocycles. The molecule has 1 rings (SSSR count). The van der Waals surface area contributed by atoms with Crippen molar-refractivity contribution < 1.29 is 9.18 Å². The van der Waals surface area contributed by atoms with Crippen LogP contribution in [0.2, 0.25) is 0 Å². The van der Waals surface area contributed by atoms with Crippen LogP contribution in [0.1, 0.15) is 13.8 Å². The second kappa shape index (κ2) is 6.04. The molecule has 0 spiro atoms. The second-order valence-electron chi connectivity index (χ2n) is 4.57. The maximum Gasteiger partial charge on any atom is 0.236 e. The number of carbonyl (C=O) groups excluding carboxylic acids is 1. The maximum atomic E-state index is 13.3. The lowest BCUT2D eigenvalue weighted by molar-refractivity contribution is -0.116. The number of nitrogen functional groups attached to an aromatic ring is 1. The first-order valence-electron chi connectivity index (χ1n) is 5.59. The number of halogens is 2. The van der Waals surface area contributed by atoms with Crippen molar-refractivity contribution in [2.45, 2.75) is 13.8 Å². The minimum atomic E-state index is -0.449. The maximum absolute atomic E-state index is 13.3. The highest BCUT2D eigenvalue weighted by atomic mass is 79.9. The van der Waals surface area contributed by atoms with E-state index < -0.39 is 11.7 Å². The summed E-state index contributed by atoms with van der Waals surface area (Å²) in [5.74, 6) is -0.553. The molecule has 0 heterocycles. The van der Waals surface area contributed by atoms with Crippen LogP contribution in [-0.4, -0.2) is 19.0 Å². The first-order valence-corrected chi connectivity index (χ1v) is 6.38. The van der Waals surface area contributed by atoms with Crippen LogP contribution in [0.15, 0.2) is 16.6 Å². The molecule has 0 aliphatic rings. The largest absolute Gasteiger partial charge is 0.397 e. The smallest absolute Gasteiger partial charge is 0.236 e. The Morgan fingerprint density at radius 1 is 1.50 bits per heavy atom. The molecule has 1 aromatic carbocycles. The van der Waals surface area contributed by atoms with Gasteiger partial charge >= 0.3 is 0 Å². The quantitative estimate of drug-likeness (QED) is 0.817. The van der Waals surface area contributed by atoms with Gasteiger partial charge in [-0.2, -0.15) is 0 Å². The number of anilines is 2. The standard InChI is InChI=1S/C12H17BrFN3O/c1-7(2)5-17(6-12(16)18)11-3-8(13)9(14)4-10(11)15/h3-4,7H,5-6,15H2,1-2H3,(H2,16,18). The Balaban J connectivity index is 3.11. The molecule has 0 saturated carbocycles. The van der Waals surface area contributed by atoms with E-state index in [9.17, 15) is 9.18 Å². The molecule has 0 radical (unpaired) electrons. The summed E-state index contributed by atoms with van der Waals surface area (Å²) in [5, 5.41) is 0. The third kappa shape index (κ3) is 3.87. The van der Waals surface area contributed by atoms with E-state index in [0.717, 1.165) is 0 Å². The summed E-state index contributed by atoms with van der Waals surface area (Å²) in [7, 11) is 0. The summed E-state index contributed by atoms with van der Waals surface area (Å²) in [4.78, 5) is 12.8. The lowest BCUT2D eigenvalue weighted by Crippen LogP contribution is -2.36. The van der Waals surface area contributed by atoms with Gasteiger partial charge in [0.25, 0.3) is 0 Å². The minimum Gasteiger partial charge on any atom is -0.397 e. The van der Waals surface area contributed by atoms with Gasteiger partial charge in [0.15, 0.2) is 0 Å². The second-order valence-corrected chi connectivity index (χ2v) is 5.42. The Bertz CT molecular complexity index is 451. The predicted molar refractivity (Wildman–Crippen MR) is 74.8 cm³/mol. The van der Waals surface area contributed by atoms with Gasteiger partial charge in [-0.1, -0.05) is 13.8 Å². The topological polar surface area (TPSA) is 72.3 Å². The highest BCUT2D eigenvalue weighted by Gasteiger charge is 2.16. The predicted octanol–water partition coefficient (Wildman–Crippen LogP) is 2.12. The number of hydrogen-bond acceptors (Lipinski definition) is 3. The number of nitrogens with two attached hydrogens (primary N) is 2. The molecule has 0 fully saturated rings. The number of carbonyl (C=O) groups is 1. The molecule has 0 atom stereocenters. The Hall–Kier alpha value is -1.30. The molecule has 0 unspecified atom stereocenters. The van der Waals surface area contributed by atoms with Gasteiger partial charge in [-0.3, -0.25) is 4.79 Å². The molecule has 18 heavy (non-hydrogen) atoms. The first-order chi connectivity index (χ1) is 8.31. The van der Waals surface area contributed by atoms with Gasteiger partial charge in [-0.15, -0.1) is 0 Å². The number of rotatable bonds is 5. The van der Waals surface area contributed by atoms with E-state index in [0.29, 0.717) is 22.6 Å². The Morgan fingerprint density at radius 2 is 2.11 bits per heavy atom. The van der Waals surface area contributed by atoms with E-state index >= 15 is 0 Å². The van der Waals surface area contributed by atoms with Crippen LogP contribution in [0, 0.1) is 11.7 Å². The SMILES string of the molecule is CC(C)CN(CC(N)=O)c1cc(Br)c(F)cc1N. The zero-order valence-corrected chi connectivity index (χ0v) is 12.0. The van der Waals surface area contributed by atoms with Crippen molar-refractivity contribution in [3.63, 3.8) is 0 Å². The molecule has 1 amide bonds. The van der Waals surface area contributed by atoms with Crippen LogP contribution in [0.4, 0.5) is 15.8 Å². The van der Waals surface area contributed by atoms with Gasteiger partial charge < -0.3 is 16.4 Å². The molecule has 4 N–H and O–H groups in total. The lowest BCUT2D eigenvalue weighted by Gasteiger charge is -2.26. The van der Waals surface area contributed by atoms with E-state index in [-0.39, 0.29) is 12.2 Å². The fraction of sp³-hybridized carbons (Fsp3) is 0.417. The number of nitrogens with zero attached hydrogens (tertiary/aromatic N) is 1. The van der Waals surface area contributed by atoms with Gasteiger partial charge in [0.2, 0.25) is 5.91 Å². The van der Waals surface area contributed by atoms with Crippen molar-refractivity contribution in [2.75, 3.05) is 23.7 Å². The average Bonchev–Trinajstić information content (AvgIpc) is 2.21. The Kier molecular flexibility index (Phi) is 4.95. The van der Waals surface area contributed by atoms with E-state index in [4.69, 9.17) is 11.5 Å². The number of hydrogen-bond donors (Lipinski definition) is 2. The van der Waals surface area contributed by atoms with Crippen LogP contribution >= 0.6 is 15.9 Å². The number of amides is 1. The average molecular weight is 318 g/mol. The fourth-order valence-corrected chi connectivity index (χ4v) is 2.03. The van der Waals surface area contributed by atoms with Crippen molar-refractivity contribution in [3.05, 3.63) is 22.4 Å². The van der Waals surface area contributed by atoms with Gasteiger partial charge in [-0.25, -0.2) is 4.39 Å². The van der Waals surface area contributed by atoms with Crippen LogP contribution in [0.5, 0.6) is 0 Å². The fourth-order valence-electron chi connectivity index (χ4n) is 1.70. The third-order valence-electron chi connectivity index (χ3n) is 2.34. The van der Waals surface area contributed by atoms with Crippen LogP contribution in [-0.2, 0) is 4.79 Å². The molecule has 6 heteroatoms. The van der Waals surface area contributed by atoms with Crippen LogP contribution < -0.4 is 16.4 Å². The zero-order valence-electron chi connectivity index (χ0n) is 10.4. The van der Waals surface area contributed by atoms with Gasteiger partial charge in [0, 0.05) is 12.6 Å². The first kappa shape index (κ1) is 14.8. The molecule has 0 saturated heterocycles. The van der Waals surface area contributed by atoms with E-state index in [1.165, 1.54) is 6.07 Å². The molecule has 4 nitrogen and oxygen atoms in total. The Morgan fingerprint density at radius 3 is 2.61 bits per heavy atom. The summed E-state index contributed by atoms with van der Waals surface area (Å²) in [6.45, 7) is 4.71. The third-order valence-corrected chi connectivity index (χ3v) is 2.95. The Labute approximate surface area is 114 Å². The summed E-state index contributed by atoms with van der Waals surface area (Å²) >= 11 is 3.11. The number of primary amides is 1. The van der Waals surface area contributed by atoms with Gasteiger partial charge in [0.05, 0.1) is 22.4 Å². The van der Waals surface area contributed by atoms with Gasteiger partial charge in [0.1, 0.15) is 5.82 Å². The molecule has 0 aliphatic carbocycles.